The second kappa shape index (κ2) is 11.8. The molecule has 1 amide bonds. The highest BCUT2D eigenvalue weighted by Crippen LogP contribution is 2.31. The van der Waals surface area contributed by atoms with Gasteiger partial charge in [-0.15, -0.1) is 10.2 Å². The molecular weight excluding hydrogens is 512 g/mol. The van der Waals surface area contributed by atoms with E-state index in [0.29, 0.717) is 46.9 Å². The number of nitrogens with zero attached hydrogens (tertiary/aromatic N) is 3. The van der Waals surface area contributed by atoms with Crippen LogP contribution in [0.25, 0.3) is 0 Å². The van der Waals surface area contributed by atoms with Crippen LogP contribution in [0.1, 0.15) is 24.7 Å². The third kappa shape index (κ3) is 7.28. The van der Waals surface area contributed by atoms with Crippen molar-refractivity contribution >= 4 is 46.6 Å². The van der Waals surface area contributed by atoms with Crippen molar-refractivity contribution < 1.29 is 22.7 Å². The molecule has 182 valence electrons. The average molecular weight is 533 g/mol. The van der Waals surface area contributed by atoms with Gasteiger partial charge in [-0.05, 0) is 49.7 Å². The van der Waals surface area contributed by atoms with Crippen LogP contribution < -0.4 is 10.1 Å². The summed E-state index contributed by atoms with van der Waals surface area (Å²) in [6.45, 7) is 2.95. The lowest BCUT2D eigenvalue weighted by molar-refractivity contribution is -0.137. The Morgan fingerprint density at radius 3 is 2.68 bits per heavy atom. The van der Waals surface area contributed by atoms with E-state index in [2.05, 4.69) is 15.5 Å². The number of carbonyl (C=O) groups excluding carboxylic acids is 1. The van der Waals surface area contributed by atoms with Gasteiger partial charge in [-0.2, -0.15) is 13.2 Å². The molecule has 6 nitrogen and oxygen atoms in total. The van der Waals surface area contributed by atoms with Crippen LogP contribution in [0.3, 0.4) is 0 Å². The van der Waals surface area contributed by atoms with E-state index in [1.54, 1.807) is 18.2 Å². The number of halogens is 5. The van der Waals surface area contributed by atoms with Crippen molar-refractivity contribution in [2.45, 2.75) is 37.6 Å². The number of nitrogens with one attached hydrogen (secondary N) is 1. The number of aromatic nitrogens is 3. The number of anilines is 1. The van der Waals surface area contributed by atoms with Gasteiger partial charge < -0.3 is 14.6 Å². The molecule has 12 heteroatoms. The van der Waals surface area contributed by atoms with Gasteiger partial charge in [0, 0.05) is 23.7 Å². The number of hydrogen-bond acceptors (Lipinski definition) is 5. The predicted molar refractivity (Wildman–Crippen MR) is 127 cm³/mol. The number of hydrogen-bond donors (Lipinski definition) is 1. The number of thioether (sulfide) groups is 1. The SMILES string of the molecule is CCn1c(CCCOc2ccc(Cl)cc2Cl)nnc1SCC(=O)Nc1cccc(C(F)(F)F)c1. The molecule has 34 heavy (non-hydrogen) atoms. The maximum atomic E-state index is 12.8. The fourth-order valence-electron chi connectivity index (χ4n) is 3.03. The molecule has 3 rings (SSSR count). The maximum absolute atomic E-state index is 12.8. The van der Waals surface area contributed by atoms with Crippen LogP contribution >= 0.6 is 35.0 Å². The number of ether oxygens (including phenoxy) is 1. The van der Waals surface area contributed by atoms with Gasteiger partial charge in [-0.25, -0.2) is 0 Å². The van der Waals surface area contributed by atoms with E-state index >= 15 is 0 Å². The highest BCUT2D eigenvalue weighted by atomic mass is 35.5. The molecule has 0 spiro atoms. The van der Waals surface area contributed by atoms with Gasteiger partial charge >= 0.3 is 6.18 Å². The summed E-state index contributed by atoms with van der Waals surface area (Å²) in [5.41, 5.74) is -0.741. The van der Waals surface area contributed by atoms with Crippen molar-refractivity contribution in [2.75, 3.05) is 17.7 Å². The van der Waals surface area contributed by atoms with E-state index < -0.39 is 17.6 Å². The molecule has 0 unspecified atom stereocenters. The zero-order chi connectivity index (χ0) is 24.7. The fraction of sp³-hybridized carbons (Fsp3) is 0.318. The Morgan fingerprint density at radius 1 is 1.18 bits per heavy atom. The first-order chi connectivity index (χ1) is 16.2. The third-order valence-electron chi connectivity index (χ3n) is 4.61. The van der Waals surface area contributed by atoms with Crippen LogP contribution in [-0.4, -0.2) is 33.0 Å². The molecular formula is C22H21Cl2F3N4O2S. The van der Waals surface area contributed by atoms with Crippen molar-refractivity contribution in [1.82, 2.24) is 14.8 Å². The minimum Gasteiger partial charge on any atom is -0.492 e. The van der Waals surface area contributed by atoms with Crippen molar-refractivity contribution in [3.8, 4) is 5.75 Å². The highest BCUT2D eigenvalue weighted by Gasteiger charge is 2.30. The lowest BCUT2D eigenvalue weighted by atomic mass is 10.2. The molecule has 0 aliphatic rings. The lowest BCUT2D eigenvalue weighted by Gasteiger charge is -2.10. The molecule has 0 atom stereocenters. The van der Waals surface area contributed by atoms with Crippen LogP contribution in [-0.2, 0) is 23.9 Å². The molecule has 0 saturated carbocycles. The van der Waals surface area contributed by atoms with E-state index in [4.69, 9.17) is 27.9 Å². The van der Waals surface area contributed by atoms with Crippen LogP contribution in [0.4, 0.5) is 18.9 Å². The summed E-state index contributed by atoms with van der Waals surface area (Å²) in [4.78, 5) is 12.2. The Kier molecular flexibility index (Phi) is 9.10. The lowest BCUT2D eigenvalue weighted by Crippen LogP contribution is -2.15. The number of amides is 1. The van der Waals surface area contributed by atoms with Gasteiger partial charge in [0.2, 0.25) is 5.91 Å². The highest BCUT2D eigenvalue weighted by molar-refractivity contribution is 7.99. The second-order valence-electron chi connectivity index (χ2n) is 7.09. The van der Waals surface area contributed by atoms with Gasteiger partial charge in [-0.1, -0.05) is 41.0 Å². The van der Waals surface area contributed by atoms with E-state index in [-0.39, 0.29) is 11.4 Å². The first kappa shape index (κ1) is 26.2. The first-order valence-corrected chi connectivity index (χ1v) is 12.0. The summed E-state index contributed by atoms with van der Waals surface area (Å²) < 4.78 is 46.1. The van der Waals surface area contributed by atoms with Crippen LogP contribution in [0.5, 0.6) is 5.75 Å². The molecule has 1 heterocycles. The number of carbonyl (C=O) groups is 1. The molecule has 3 aromatic rings. The monoisotopic (exact) mass is 532 g/mol. The fourth-order valence-corrected chi connectivity index (χ4v) is 4.32. The molecule has 0 saturated heterocycles. The summed E-state index contributed by atoms with van der Waals surface area (Å²) >= 11 is 13.1. The quantitative estimate of drug-likeness (QED) is 0.243. The molecule has 2 aromatic carbocycles. The van der Waals surface area contributed by atoms with Crippen molar-refractivity contribution in [2.24, 2.45) is 0 Å². The summed E-state index contributed by atoms with van der Waals surface area (Å²) in [6.07, 6.45) is -3.21. The molecule has 0 bridgehead atoms. The average Bonchev–Trinajstić information content (AvgIpc) is 3.18. The van der Waals surface area contributed by atoms with E-state index in [1.165, 1.54) is 12.1 Å². The van der Waals surface area contributed by atoms with Crippen LogP contribution in [0, 0.1) is 0 Å². The molecule has 0 aliphatic heterocycles. The molecule has 1 aromatic heterocycles. The number of benzene rings is 2. The Morgan fingerprint density at radius 2 is 1.97 bits per heavy atom. The number of rotatable bonds is 10. The number of alkyl halides is 3. The summed E-state index contributed by atoms with van der Waals surface area (Å²) in [6, 6.07) is 9.51. The van der Waals surface area contributed by atoms with Gasteiger partial charge in [0.15, 0.2) is 5.16 Å². The van der Waals surface area contributed by atoms with Crippen molar-refractivity contribution in [1.29, 1.82) is 0 Å². The van der Waals surface area contributed by atoms with Gasteiger partial charge in [0.1, 0.15) is 11.6 Å². The summed E-state index contributed by atoms with van der Waals surface area (Å²) in [7, 11) is 0. The van der Waals surface area contributed by atoms with Crippen molar-refractivity contribution in [3.63, 3.8) is 0 Å². The minimum absolute atomic E-state index is 0.0213. The molecule has 0 aliphatic carbocycles. The molecule has 0 fully saturated rings. The summed E-state index contributed by atoms with van der Waals surface area (Å²) in [5.74, 6) is 0.830. The van der Waals surface area contributed by atoms with Crippen LogP contribution in [0.15, 0.2) is 47.6 Å². The van der Waals surface area contributed by atoms with Crippen LogP contribution in [0.2, 0.25) is 10.0 Å². The minimum atomic E-state index is -4.48. The topological polar surface area (TPSA) is 69.0 Å². The van der Waals surface area contributed by atoms with E-state index in [1.807, 2.05) is 11.5 Å². The normalized spacial score (nSPS) is 11.5. The van der Waals surface area contributed by atoms with Crippen molar-refractivity contribution in [3.05, 3.63) is 63.9 Å². The standard InChI is InChI=1S/C22H21Cl2F3N4O2S/c1-2-31-19(7-4-10-33-18-9-8-15(23)12-17(18)24)29-30-21(31)34-13-20(32)28-16-6-3-5-14(11-16)22(25,26)27/h3,5-6,8-9,11-12H,2,4,7,10,13H2,1H3,(H,28,32). The van der Waals surface area contributed by atoms with Gasteiger partial charge in [-0.3, -0.25) is 4.79 Å². The zero-order valence-corrected chi connectivity index (χ0v) is 20.4. The molecule has 0 radical (unpaired) electrons. The molecule has 1 N–H and O–H groups in total. The van der Waals surface area contributed by atoms with Gasteiger partial charge in [0.05, 0.1) is 22.9 Å². The Hall–Kier alpha value is -2.43. The number of aryl methyl sites for hydroxylation is 1. The predicted octanol–water partition coefficient (Wildman–Crippen LogP) is 6.37. The zero-order valence-electron chi connectivity index (χ0n) is 18.0. The maximum Gasteiger partial charge on any atom is 0.416 e. The Labute approximate surface area is 208 Å². The first-order valence-electron chi connectivity index (χ1n) is 10.3. The summed E-state index contributed by atoms with van der Waals surface area (Å²) in [5, 5.41) is 12.3. The van der Waals surface area contributed by atoms with Gasteiger partial charge in [0.25, 0.3) is 0 Å². The van der Waals surface area contributed by atoms with E-state index in [9.17, 15) is 18.0 Å². The Bertz CT molecular complexity index is 1140. The second-order valence-corrected chi connectivity index (χ2v) is 8.87. The third-order valence-corrected chi connectivity index (χ3v) is 6.11. The smallest absolute Gasteiger partial charge is 0.416 e. The largest absolute Gasteiger partial charge is 0.492 e. The van der Waals surface area contributed by atoms with E-state index in [0.717, 1.165) is 29.7 Å². The Balaban J connectivity index is 1.50.